The van der Waals surface area contributed by atoms with Crippen molar-refractivity contribution < 1.29 is 19.1 Å². The number of methoxy groups -OCH3 is 1. The first-order valence-corrected chi connectivity index (χ1v) is 11.3. The third kappa shape index (κ3) is 5.10. The second-order valence-electron chi connectivity index (χ2n) is 8.44. The summed E-state index contributed by atoms with van der Waals surface area (Å²) >= 11 is 0. The number of amides is 3. The van der Waals surface area contributed by atoms with Gasteiger partial charge in [0, 0.05) is 50.5 Å². The van der Waals surface area contributed by atoms with Gasteiger partial charge < -0.3 is 24.8 Å². The highest BCUT2D eigenvalue weighted by molar-refractivity contribution is 5.99. The second-order valence-corrected chi connectivity index (χ2v) is 8.44. The Bertz CT molecular complexity index is 1020. The van der Waals surface area contributed by atoms with Crippen LogP contribution in [0.25, 0.3) is 0 Å². The zero-order valence-electron chi connectivity index (χ0n) is 19.1. The molecule has 0 spiro atoms. The van der Waals surface area contributed by atoms with E-state index in [1.54, 1.807) is 23.0 Å². The van der Waals surface area contributed by atoms with Crippen LogP contribution in [0, 0.1) is 6.92 Å². The first kappa shape index (κ1) is 22.6. The average molecular weight is 451 g/mol. The average Bonchev–Trinajstić information content (AvgIpc) is 2.85. The summed E-state index contributed by atoms with van der Waals surface area (Å²) in [4.78, 5) is 44.4. The molecule has 2 aliphatic rings. The number of hydrogen-bond donors (Lipinski definition) is 1. The predicted molar refractivity (Wildman–Crippen MR) is 125 cm³/mol. The molecule has 2 heterocycles. The lowest BCUT2D eigenvalue weighted by molar-refractivity contribution is -0.138. The van der Waals surface area contributed by atoms with Crippen LogP contribution in [0.4, 0.5) is 5.69 Å². The summed E-state index contributed by atoms with van der Waals surface area (Å²) in [5, 5.41) is 2.80. The number of carbonyl (C=O) groups excluding carboxylic acids is 3. The molecule has 1 N–H and O–H groups in total. The Balaban J connectivity index is 1.38. The Labute approximate surface area is 194 Å². The van der Waals surface area contributed by atoms with E-state index in [4.69, 9.17) is 4.74 Å². The smallest absolute Gasteiger partial charge is 0.254 e. The fourth-order valence-corrected chi connectivity index (χ4v) is 4.41. The van der Waals surface area contributed by atoms with Gasteiger partial charge in [0.05, 0.1) is 13.5 Å². The van der Waals surface area contributed by atoms with Gasteiger partial charge >= 0.3 is 0 Å². The van der Waals surface area contributed by atoms with Gasteiger partial charge in [0.1, 0.15) is 11.8 Å². The van der Waals surface area contributed by atoms with Gasteiger partial charge in [-0.15, -0.1) is 0 Å². The lowest BCUT2D eigenvalue weighted by Crippen LogP contribution is -2.59. The quantitative estimate of drug-likeness (QED) is 0.750. The van der Waals surface area contributed by atoms with E-state index < -0.39 is 6.04 Å². The molecule has 8 nitrogen and oxygen atoms in total. The van der Waals surface area contributed by atoms with Crippen LogP contribution in [0.2, 0.25) is 0 Å². The normalized spacial score (nSPS) is 18.7. The fourth-order valence-electron chi connectivity index (χ4n) is 4.41. The molecule has 3 amide bonds. The fraction of sp³-hybridized carbons (Fsp3) is 0.400. The summed E-state index contributed by atoms with van der Waals surface area (Å²) in [6.45, 7) is 5.27. The van der Waals surface area contributed by atoms with Crippen molar-refractivity contribution in [3.05, 3.63) is 59.7 Å². The molecule has 0 aromatic heterocycles. The Hall–Kier alpha value is -3.55. The SMILES string of the molecule is COc1ccc(N2CCN(C(=O)C[C@H]3C(=O)NCCN3C(=O)c3cccc(C)c3)CC2)cc1. The van der Waals surface area contributed by atoms with E-state index in [0.717, 1.165) is 17.0 Å². The van der Waals surface area contributed by atoms with Gasteiger partial charge in [-0.1, -0.05) is 17.7 Å². The zero-order chi connectivity index (χ0) is 23.4. The summed E-state index contributed by atoms with van der Waals surface area (Å²) < 4.78 is 5.21. The summed E-state index contributed by atoms with van der Waals surface area (Å²) in [6, 6.07) is 14.4. The van der Waals surface area contributed by atoms with Crippen LogP contribution < -0.4 is 15.0 Å². The maximum absolute atomic E-state index is 13.1. The number of piperazine rings is 2. The molecular formula is C25H30N4O4. The Morgan fingerprint density at radius 1 is 1.03 bits per heavy atom. The summed E-state index contributed by atoms with van der Waals surface area (Å²) in [7, 11) is 1.64. The molecule has 2 aromatic rings. The van der Waals surface area contributed by atoms with Gasteiger partial charge in [0.15, 0.2) is 0 Å². The molecule has 1 atom stereocenters. The summed E-state index contributed by atoms with van der Waals surface area (Å²) in [5.41, 5.74) is 2.60. The highest BCUT2D eigenvalue weighted by Crippen LogP contribution is 2.21. The van der Waals surface area contributed by atoms with Crippen LogP contribution in [-0.4, -0.2) is 79.9 Å². The third-order valence-electron chi connectivity index (χ3n) is 6.29. The lowest BCUT2D eigenvalue weighted by atomic mass is 10.0. The topological polar surface area (TPSA) is 82.2 Å². The maximum Gasteiger partial charge on any atom is 0.254 e. The minimum absolute atomic E-state index is 0.00801. The van der Waals surface area contributed by atoms with Crippen molar-refractivity contribution in [2.75, 3.05) is 51.3 Å². The Kier molecular flexibility index (Phi) is 6.82. The molecule has 33 heavy (non-hydrogen) atoms. The maximum atomic E-state index is 13.1. The number of carbonyl (C=O) groups is 3. The van der Waals surface area contributed by atoms with Gasteiger partial charge in [-0.3, -0.25) is 14.4 Å². The van der Waals surface area contributed by atoms with Crippen molar-refractivity contribution in [1.29, 1.82) is 0 Å². The van der Waals surface area contributed by atoms with Crippen molar-refractivity contribution in [3.8, 4) is 5.75 Å². The predicted octanol–water partition coefficient (Wildman–Crippen LogP) is 1.68. The molecular weight excluding hydrogens is 420 g/mol. The van der Waals surface area contributed by atoms with Crippen molar-refractivity contribution in [1.82, 2.24) is 15.1 Å². The van der Waals surface area contributed by atoms with E-state index >= 15 is 0 Å². The van der Waals surface area contributed by atoms with Gasteiger partial charge in [0.25, 0.3) is 5.91 Å². The van der Waals surface area contributed by atoms with Crippen molar-refractivity contribution in [2.24, 2.45) is 0 Å². The summed E-state index contributed by atoms with van der Waals surface area (Å²) in [5.74, 6) is 0.222. The molecule has 2 aliphatic heterocycles. The van der Waals surface area contributed by atoms with E-state index in [1.165, 1.54) is 0 Å². The minimum Gasteiger partial charge on any atom is -0.497 e. The van der Waals surface area contributed by atoms with Crippen LogP contribution in [0.1, 0.15) is 22.3 Å². The first-order chi connectivity index (χ1) is 16.0. The van der Waals surface area contributed by atoms with Crippen molar-refractivity contribution in [2.45, 2.75) is 19.4 Å². The highest BCUT2D eigenvalue weighted by atomic mass is 16.5. The van der Waals surface area contributed by atoms with E-state index in [0.29, 0.717) is 44.8 Å². The van der Waals surface area contributed by atoms with Gasteiger partial charge in [-0.2, -0.15) is 0 Å². The molecule has 174 valence electrons. The molecule has 0 radical (unpaired) electrons. The molecule has 2 saturated heterocycles. The Morgan fingerprint density at radius 2 is 1.76 bits per heavy atom. The summed E-state index contributed by atoms with van der Waals surface area (Å²) in [6.07, 6.45) is -0.00801. The first-order valence-electron chi connectivity index (χ1n) is 11.3. The number of nitrogens with one attached hydrogen (secondary N) is 1. The monoisotopic (exact) mass is 450 g/mol. The third-order valence-corrected chi connectivity index (χ3v) is 6.29. The molecule has 0 aliphatic carbocycles. The molecule has 2 aromatic carbocycles. The Morgan fingerprint density at radius 3 is 2.42 bits per heavy atom. The number of rotatable bonds is 5. The molecule has 0 saturated carbocycles. The number of anilines is 1. The van der Waals surface area contributed by atoms with Gasteiger partial charge in [0.2, 0.25) is 11.8 Å². The van der Waals surface area contributed by atoms with Crippen LogP contribution >= 0.6 is 0 Å². The van der Waals surface area contributed by atoms with Crippen LogP contribution in [0.15, 0.2) is 48.5 Å². The standard InChI is InChI=1S/C25H30N4O4/c1-18-4-3-5-19(16-18)25(32)29-11-10-26-24(31)22(29)17-23(30)28-14-12-27(13-15-28)20-6-8-21(33-2)9-7-20/h3-9,16,22H,10-15,17H2,1-2H3,(H,26,31)/t22-/m0/s1. The number of aryl methyl sites for hydroxylation is 1. The van der Waals surface area contributed by atoms with Gasteiger partial charge in [-0.25, -0.2) is 0 Å². The zero-order valence-corrected chi connectivity index (χ0v) is 19.1. The number of benzene rings is 2. The molecule has 8 heteroatoms. The highest BCUT2D eigenvalue weighted by Gasteiger charge is 2.36. The number of hydrogen-bond acceptors (Lipinski definition) is 5. The molecule has 0 unspecified atom stereocenters. The van der Waals surface area contributed by atoms with E-state index in [-0.39, 0.29) is 24.1 Å². The molecule has 0 bridgehead atoms. The molecule has 4 rings (SSSR count). The number of nitrogens with zero attached hydrogens (tertiary/aromatic N) is 3. The van der Waals surface area contributed by atoms with Gasteiger partial charge in [-0.05, 0) is 43.3 Å². The second kappa shape index (κ2) is 9.94. The van der Waals surface area contributed by atoms with Crippen LogP contribution in [0.3, 0.4) is 0 Å². The van der Waals surface area contributed by atoms with Crippen molar-refractivity contribution >= 4 is 23.4 Å². The van der Waals surface area contributed by atoms with E-state index in [1.807, 2.05) is 49.4 Å². The lowest BCUT2D eigenvalue weighted by Gasteiger charge is -2.39. The van der Waals surface area contributed by atoms with Crippen LogP contribution in [0.5, 0.6) is 5.75 Å². The molecule has 2 fully saturated rings. The van der Waals surface area contributed by atoms with E-state index in [9.17, 15) is 14.4 Å². The van der Waals surface area contributed by atoms with E-state index in [2.05, 4.69) is 10.2 Å². The van der Waals surface area contributed by atoms with Crippen LogP contribution in [-0.2, 0) is 9.59 Å². The largest absolute Gasteiger partial charge is 0.497 e. The van der Waals surface area contributed by atoms with Crippen molar-refractivity contribution in [3.63, 3.8) is 0 Å². The number of ether oxygens (including phenoxy) is 1. The minimum atomic E-state index is -0.793.